The van der Waals surface area contributed by atoms with E-state index in [2.05, 4.69) is 19.2 Å². The number of fused-ring (bicyclic) bond motifs is 1. The Morgan fingerprint density at radius 1 is 1.19 bits per heavy atom. The van der Waals surface area contributed by atoms with Gasteiger partial charge in [-0.15, -0.1) is 0 Å². The summed E-state index contributed by atoms with van der Waals surface area (Å²) < 4.78 is 11.1. The van der Waals surface area contributed by atoms with Crippen LogP contribution in [0.15, 0.2) is 18.2 Å². The zero-order chi connectivity index (χ0) is 19.4. The largest absolute Gasteiger partial charge is 0.486 e. The van der Waals surface area contributed by atoms with Crippen molar-refractivity contribution < 1.29 is 19.1 Å². The molecular weight excluding hydrogens is 344 g/mol. The van der Waals surface area contributed by atoms with Crippen LogP contribution in [0.1, 0.15) is 46.5 Å². The highest BCUT2D eigenvalue weighted by Gasteiger charge is 2.35. The quantitative estimate of drug-likeness (QED) is 0.796. The summed E-state index contributed by atoms with van der Waals surface area (Å²) in [4.78, 5) is 26.7. The van der Waals surface area contributed by atoms with Gasteiger partial charge >= 0.3 is 0 Å². The average molecular weight is 374 g/mol. The molecule has 2 amide bonds. The normalized spacial score (nSPS) is 20.1. The van der Waals surface area contributed by atoms with E-state index in [9.17, 15) is 9.59 Å². The van der Waals surface area contributed by atoms with Gasteiger partial charge in [-0.1, -0.05) is 26.7 Å². The van der Waals surface area contributed by atoms with Gasteiger partial charge in [0.15, 0.2) is 11.5 Å². The highest BCUT2D eigenvalue weighted by Crippen LogP contribution is 2.36. The molecule has 6 nitrogen and oxygen atoms in total. The van der Waals surface area contributed by atoms with Crippen LogP contribution in [0.4, 0.5) is 5.69 Å². The van der Waals surface area contributed by atoms with Crippen LogP contribution in [0, 0.1) is 11.8 Å². The first kappa shape index (κ1) is 19.5. The minimum Gasteiger partial charge on any atom is -0.486 e. The molecule has 3 rings (SSSR count). The van der Waals surface area contributed by atoms with Gasteiger partial charge in [0.25, 0.3) is 0 Å². The monoisotopic (exact) mass is 374 g/mol. The Balaban J connectivity index is 1.56. The first-order valence-electron chi connectivity index (χ1n) is 9.94. The van der Waals surface area contributed by atoms with Crippen LogP contribution in [0.3, 0.4) is 0 Å². The number of hydrogen-bond acceptors (Lipinski definition) is 4. The van der Waals surface area contributed by atoms with Gasteiger partial charge in [0, 0.05) is 30.8 Å². The number of ether oxygens (including phenoxy) is 2. The minimum atomic E-state index is -0.307. The van der Waals surface area contributed by atoms with Gasteiger partial charge in [-0.05, 0) is 31.4 Å². The number of nitrogens with one attached hydrogen (secondary N) is 1. The molecule has 2 heterocycles. The summed E-state index contributed by atoms with van der Waals surface area (Å²) in [6, 6.07) is 5.62. The molecule has 0 saturated carbocycles. The molecule has 27 heavy (non-hydrogen) atoms. The molecule has 1 fully saturated rings. The number of amides is 2. The average Bonchev–Trinajstić information content (AvgIpc) is 3.03. The number of benzene rings is 1. The molecule has 0 aromatic heterocycles. The van der Waals surface area contributed by atoms with E-state index >= 15 is 0 Å². The van der Waals surface area contributed by atoms with E-state index in [0.717, 1.165) is 18.5 Å². The highest BCUT2D eigenvalue weighted by molar-refractivity contribution is 6.00. The summed E-state index contributed by atoms with van der Waals surface area (Å²) in [6.45, 7) is 7.90. The lowest BCUT2D eigenvalue weighted by Crippen LogP contribution is -2.38. The maximum absolute atomic E-state index is 12.6. The maximum atomic E-state index is 12.6. The van der Waals surface area contributed by atoms with E-state index in [-0.39, 0.29) is 30.2 Å². The second kappa shape index (κ2) is 8.63. The van der Waals surface area contributed by atoms with Crippen LogP contribution >= 0.6 is 0 Å². The number of nitrogens with zero attached hydrogens (tertiary/aromatic N) is 1. The third kappa shape index (κ3) is 4.93. The molecule has 6 heteroatoms. The number of anilines is 1. The highest BCUT2D eigenvalue weighted by atomic mass is 16.6. The molecule has 1 N–H and O–H groups in total. The second-order valence-electron chi connectivity index (χ2n) is 7.97. The van der Waals surface area contributed by atoms with Gasteiger partial charge in [0.2, 0.25) is 11.8 Å². The van der Waals surface area contributed by atoms with Crippen LogP contribution in [0.25, 0.3) is 0 Å². The molecule has 2 aliphatic heterocycles. The third-order valence-electron chi connectivity index (χ3n) is 5.14. The van der Waals surface area contributed by atoms with Gasteiger partial charge in [-0.2, -0.15) is 0 Å². The van der Waals surface area contributed by atoms with Gasteiger partial charge in [0.05, 0.1) is 5.92 Å². The maximum Gasteiger partial charge on any atom is 0.227 e. The van der Waals surface area contributed by atoms with Gasteiger partial charge in [-0.25, -0.2) is 0 Å². The lowest BCUT2D eigenvalue weighted by atomic mass is 10.0. The van der Waals surface area contributed by atoms with Crippen LogP contribution in [-0.4, -0.2) is 37.6 Å². The molecule has 0 bridgehead atoms. The Bertz CT molecular complexity index is 689. The molecule has 2 atom stereocenters. The predicted molar refractivity (Wildman–Crippen MR) is 104 cm³/mol. The van der Waals surface area contributed by atoms with E-state index in [0.29, 0.717) is 37.2 Å². The van der Waals surface area contributed by atoms with Crippen molar-refractivity contribution in [3.05, 3.63) is 18.2 Å². The van der Waals surface area contributed by atoms with Crippen molar-refractivity contribution in [3.8, 4) is 11.5 Å². The molecule has 1 saturated heterocycles. The van der Waals surface area contributed by atoms with Crippen molar-refractivity contribution >= 4 is 17.5 Å². The molecule has 2 aliphatic rings. The molecular formula is C21H30N2O4. The summed E-state index contributed by atoms with van der Waals surface area (Å²) in [5, 5.41) is 3.08. The van der Waals surface area contributed by atoms with Crippen molar-refractivity contribution in [2.24, 2.45) is 11.8 Å². The number of hydrogen-bond donors (Lipinski definition) is 1. The zero-order valence-corrected chi connectivity index (χ0v) is 16.5. The molecule has 1 aromatic carbocycles. The molecule has 1 aromatic rings. The lowest BCUT2D eigenvalue weighted by Gasteiger charge is -2.22. The zero-order valence-electron chi connectivity index (χ0n) is 16.5. The van der Waals surface area contributed by atoms with Crippen molar-refractivity contribution in [1.29, 1.82) is 0 Å². The SMILES string of the molecule is CC(C)CCC[C@H](C)NC(=O)[C@@H]1CC(=O)N(c2ccc3c(c2)OCCO3)C1. The van der Waals surface area contributed by atoms with Crippen molar-refractivity contribution in [1.82, 2.24) is 5.32 Å². The van der Waals surface area contributed by atoms with Crippen molar-refractivity contribution in [2.45, 2.75) is 52.5 Å². The van der Waals surface area contributed by atoms with Gasteiger partial charge in [0.1, 0.15) is 13.2 Å². The van der Waals surface area contributed by atoms with E-state index in [1.807, 2.05) is 25.1 Å². The van der Waals surface area contributed by atoms with E-state index in [1.54, 1.807) is 4.90 Å². The summed E-state index contributed by atoms with van der Waals surface area (Å²) in [5.41, 5.74) is 0.754. The topological polar surface area (TPSA) is 67.9 Å². The molecule has 148 valence electrons. The summed E-state index contributed by atoms with van der Waals surface area (Å²) in [5.74, 6) is 1.66. The van der Waals surface area contributed by atoms with Crippen LogP contribution in [-0.2, 0) is 9.59 Å². The number of carbonyl (C=O) groups is 2. The molecule has 0 aliphatic carbocycles. The minimum absolute atomic E-state index is 0.0274. The number of carbonyl (C=O) groups excluding carboxylic acids is 2. The van der Waals surface area contributed by atoms with Crippen molar-refractivity contribution in [3.63, 3.8) is 0 Å². The Morgan fingerprint density at radius 2 is 1.93 bits per heavy atom. The predicted octanol–water partition coefficient (Wildman–Crippen LogP) is 3.14. The van der Waals surface area contributed by atoms with E-state index in [4.69, 9.17) is 9.47 Å². The lowest BCUT2D eigenvalue weighted by molar-refractivity contribution is -0.126. The molecule has 0 spiro atoms. The summed E-state index contributed by atoms with van der Waals surface area (Å²) >= 11 is 0. The standard InChI is InChI=1S/C21H30N2O4/c1-14(2)5-4-6-15(3)22-21(25)16-11-20(24)23(13-16)17-7-8-18-19(12-17)27-10-9-26-18/h7-8,12,14-16H,4-6,9-11,13H2,1-3H3,(H,22,25)/t15-,16+/m0/s1. The first-order valence-corrected chi connectivity index (χ1v) is 9.94. The van der Waals surface area contributed by atoms with Crippen molar-refractivity contribution in [2.75, 3.05) is 24.7 Å². The third-order valence-corrected chi connectivity index (χ3v) is 5.14. The Labute approximate surface area is 161 Å². The fourth-order valence-corrected chi connectivity index (χ4v) is 3.60. The van der Waals surface area contributed by atoms with E-state index < -0.39 is 0 Å². The molecule has 0 radical (unpaired) electrons. The fourth-order valence-electron chi connectivity index (χ4n) is 3.60. The summed E-state index contributed by atoms with van der Waals surface area (Å²) in [7, 11) is 0. The van der Waals surface area contributed by atoms with E-state index in [1.165, 1.54) is 6.42 Å². The van der Waals surface area contributed by atoms with Crippen LogP contribution in [0.5, 0.6) is 11.5 Å². The summed E-state index contributed by atoms with van der Waals surface area (Å²) in [6.07, 6.45) is 3.49. The van der Waals surface area contributed by atoms with Gasteiger partial charge < -0.3 is 19.7 Å². The van der Waals surface area contributed by atoms with Crippen LogP contribution < -0.4 is 19.7 Å². The first-order chi connectivity index (χ1) is 12.9. The Morgan fingerprint density at radius 3 is 2.67 bits per heavy atom. The Kier molecular flexibility index (Phi) is 6.24. The van der Waals surface area contributed by atoms with Crippen LogP contribution in [0.2, 0.25) is 0 Å². The smallest absolute Gasteiger partial charge is 0.227 e. The second-order valence-corrected chi connectivity index (χ2v) is 7.97. The van der Waals surface area contributed by atoms with Gasteiger partial charge in [-0.3, -0.25) is 9.59 Å². The fraction of sp³-hybridized carbons (Fsp3) is 0.619. The molecule has 0 unspecified atom stereocenters. The number of rotatable bonds is 7. The Hall–Kier alpha value is -2.24.